The highest BCUT2D eigenvalue weighted by atomic mass is 35.5. The summed E-state index contributed by atoms with van der Waals surface area (Å²) in [5, 5.41) is 4.66. The number of amides is 1. The molecule has 1 N–H and O–H groups in total. The van der Waals surface area contributed by atoms with Crippen molar-refractivity contribution in [3.8, 4) is 0 Å². The van der Waals surface area contributed by atoms with Crippen LogP contribution in [-0.4, -0.2) is 59.0 Å². The fourth-order valence-electron chi connectivity index (χ4n) is 3.65. The number of nitrogens with one attached hydrogen (secondary N) is 1. The number of anilines is 2. The molecule has 0 saturated carbocycles. The van der Waals surface area contributed by atoms with E-state index in [2.05, 4.69) is 15.3 Å². The molecule has 1 aliphatic rings. The lowest BCUT2D eigenvalue weighted by Gasteiger charge is -2.26. The van der Waals surface area contributed by atoms with Gasteiger partial charge < -0.3 is 10.2 Å². The third kappa shape index (κ3) is 5.00. The second kappa shape index (κ2) is 9.25. The van der Waals surface area contributed by atoms with Gasteiger partial charge in [0.05, 0.1) is 33.0 Å². The molecule has 0 spiro atoms. The molecule has 1 aromatic heterocycles. The van der Waals surface area contributed by atoms with E-state index < -0.39 is 15.1 Å². The molecule has 32 heavy (non-hydrogen) atoms. The molecule has 0 radical (unpaired) electrons. The Hall–Kier alpha value is -2.36. The smallest absolute Gasteiger partial charge is 0.235 e. The highest BCUT2D eigenvalue weighted by molar-refractivity contribution is 8.00. The molecule has 4 rings (SSSR count). The normalized spacial score (nSPS) is 18.4. The van der Waals surface area contributed by atoms with E-state index in [4.69, 9.17) is 11.6 Å². The maximum atomic E-state index is 13.0. The summed E-state index contributed by atoms with van der Waals surface area (Å²) in [7, 11) is -1.40. The summed E-state index contributed by atoms with van der Waals surface area (Å²) in [6.07, 6.45) is 0.473. The van der Waals surface area contributed by atoms with Gasteiger partial charge in [0.1, 0.15) is 5.82 Å². The molecule has 3 aromatic rings. The fraction of sp³-hybridized carbons (Fsp3) is 0.318. The molecule has 7 nitrogen and oxygen atoms in total. The first kappa shape index (κ1) is 22.8. The van der Waals surface area contributed by atoms with Gasteiger partial charge in [-0.15, -0.1) is 0 Å². The molecule has 1 fully saturated rings. The SMILES string of the molecule is CC(Sc1nc(Nc2ccccc2Cl)c2ccccc2n1)C(=O)N(C)C1CCS(=O)(=O)C1. The van der Waals surface area contributed by atoms with Gasteiger partial charge in [-0.3, -0.25) is 4.79 Å². The summed E-state index contributed by atoms with van der Waals surface area (Å²) in [6, 6.07) is 14.7. The average molecular weight is 491 g/mol. The van der Waals surface area contributed by atoms with Crippen molar-refractivity contribution in [1.82, 2.24) is 14.9 Å². The van der Waals surface area contributed by atoms with Gasteiger partial charge in [-0.2, -0.15) is 0 Å². The number of halogens is 1. The number of carbonyl (C=O) groups excluding carboxylic acids is 1. The van der Waals surface area contributed by atoms with E-state index in [-0.39, 0.29) is 23.5 Å². The van der Waals surface area contributed by atoms with Gasteiger partial charge in [0, 0.05) is 18.5 Å². The van der Waals surface area contributed by atoms with Gasteiger partial charge in [0.15, 0.2) is 15.0 Å². The van der Waals surface area contributed by atoms with Crippen LogP contribution in [0.1, 0.15) is 13.3 Å². The van der Waals surface area contributed by atoms with Gasteiger partial charge >= 0.3 is 0 Å². The first-order valence-corrected chi connectivity index (χ1v) is 13.2. The second-order valence-corrected chi connectivity index (χ2v) is 11.7. The summed E-state index contributed by atoms with van der Waals surface area (Å²) in [4.78, 5) is 23.8. The van der Waals surface area contributed by atoms with E-state index in [1.165, 1.54) is 11.8 Å². The van der Waals surface area contributed by atoms with Crippen LogP contribution in [-0.2, 0) is 14.6 Å². The predicted octanol–water partition coefficient (Wildman–Crippen LogP) is 4.15. The maximum absolute atomic E-state index is 13.0. The maximum Gasteiger partial charge on any atom is 0.235 e. The van der Waals surface area contributed by atoms with E-state index in [1.54, 1.807) is 24.9 Å². The number of para-hydroxylation sites is 2. The number of hydrogen-bond acceptors (Lipinski definition) is 7. The van der Waals surface area contributed by atoms with Gasteiger partial charge in [-0.1, -0.05) is 47.6 Å². The van der Waals surface area contributed by atoms with Crippen molar-refractivity contribution in [1.29, 1.82) is 0 Å². The van der Waals surface area contributed by atoms with E-state index in [0.717, 1.165) is 16.6 Å². The van der Waals surface area contributed by atoms with Gasteiger partial charge in [-0.05, 0) is 37.6 Å². The number of fused-ring (bicyclic) bond motifs is 1. The molecule has 10 heteroatoms. The van der Waals surface area contributed by atoms with Crippen LogP contribution >= 0.6 is 23.4 Å². The van der Waals surface area contributed by atoms with Gasteiger partial charge in [0.25, 0.3) is 0 Å². The van der Waals surface area contributed by atoms with Crippen LogP contribution in [0.25, 0.3) is 10.9 Å². The Balaban J connectivity index is 1.57. The first-order chi connectivity index (χ1) is 15.2. The number of benzene rings is 2. The predicted molar refractivity (Wildman–Crippen MR) is 129 cm³/mol. The Bertz CT molecular complexity index is 1270. The fourth-order valence-corrected chi connectivity index (χ4v) is 6.49. The average Bonchev–Trinajstić information content (AvgIpc) is 3.14. The Morgan fingerprint density at radius 3 is 2.62 bits per heavy atom. The summed E-state index contributed by atoms with van der Waals surface area (Å²) in [6.45, 7) is 1.78. The summed E-state index contributed by atoms with van der Waals surface area (Å²) >= 11 is 7.55. The molecule has 2 unspecified atom stereocenters. The first-order valence-electron chi connectivity index (χ1n) is 10.2. The quantitative estimate of drug-likeness (QED) is 0.409. The highest BCUT2D eigenvalue weighted by Crippen LogP contribution is 2.31. The van der Waals surface area contributed by atoms with Crippen molar-refractivity contribution >= 4 is 61.5 Å². The van der Waals surface area contributed by atoms with Crippen LogP contribution in [0.15, 0.2) is 53.7 Å². The lowest BCUT2D eigenvalue weighted by molar-refractivity contribution is -0.130. The molecule has 0 bridgehead atoms. The lowest BCUT2D eigenvalue weighted by atomic mass is 10.2. The Morgan fingerprint density at radius 2 is 1.91 bits per heavy atom. The number of carbonyl (C=O) groups is 1. The minimum atomic E-state index is -3.07. The van der Waals surface area contributed by atoms with Crippen molar-refractivity contribution in [3.63, 3.8) is 0 Å². The van der Waals surface area contributed by atoms with Crippen molar-refractivity contribution < 1.29 is 13.2 Å². The summed E-state index contributed by atoms with van der Waals surface area (Å²) in [5.74, 6) is 0.600. The van der Waals surface area contributed by atoms with E-state index in [0.29, 0.717) is 22.4 Å². The summed E-state index contributed by atoms with van der Waals surface area (Å²) < 4.78 is 23.6. The Morgan fingerprint density at radius 1 is 1.19 bits per heavy atom. The van der Waals surface area contributed by atoms with Crippen LogP contribution in [0.3, 0.4) is 0 Å². The minimum Gasteiger partial charge on any atom is -0.341 e. The van der Waals surface area contributed by atoms with E-state index in [1.807, 2.05) is 42.5 Å². The largest absolute Gasteiger partial charge is 0.341 e. The topological polar surface area (TPSA) is 92.3 Å². The zero-order valence-corrected chi connectivity index (χ0v) is 20.0. The van der Waals surface area contributed by atoms with Crippen LogP contribution in [0.2, 0.25) is 5.02 Å². The second-order valence-electron chi connectivity index (χ2n) is 7.74. The van der Waals surface area contributed by atoms with E-state index >= 15 is 0 Å². The van der Waals surface area contributed by atoms with Crippen LogP contribution in [0, 0.1) is 0 Å². The lowest BCUT2D eigenvalue weighted by Crippen LogP contribution is -2.41. The van der Waals surface area contributed by atoms with Crippen molar-refractivity contribution in [3.05, 3.63) is 53.6 Å². The number of thioether (sulfide) groups is 1. The zero-order valence-electron chi connectivity index (χ0n) is 17.7. The van der Waals surface area contributed by atoms with Crippen molar-refractivity contribution in [2.75, 3.05) is 23.9 Å². The van der Waals surface area contributed by atoms with Crippen molar-refractivity contribution in [2.45, 2.75) is 29.8 Å². The molecule has 1 saturated heterocycles. The molecular weight excluding hydrogens is 468 g/mol. The molecule has 2 atom stereocenters. The van der Waals surface area contributed by atoms with E-state index in [9.17, 15) is 13.2 Å². The molecule has 2 aromatic carbocycles. The van der Waals surface area contributed by atoms with Gasteiger partial charge in [-0.25, -0.2) is 18.4 Å². The van der Waals surface area contributed by atoms with Crippen LogP contribution in [0.4, 0.5) is 11.5 Å². The monoisotopic (exact) mass is 490 g/mol. The highest BCUT2D eigenvalue weighted by Gasteiger charge is 2.34. The van der Waals surface area contributed by atoms with Gasteiger partial charge in [0.2, 0.25) is 5.91 Å². The number of aromatic nitrogens is 2. The number of hydrogen-bond donors (Lipinski definition) is 1. The number of rotatable bonds is 6. The standard InChI is InChI=1S/C22H23ClN4O3S2/c1-14(21(28)27(2)15-11-12-32(29,30)13-15)31-22-25-18-9-5-3-7-16(18)20(26-22)24-19-10-6-4-8-17(19)23/h3-10,14-15H,11-13H2,1-2H3,(H,24,25,26). The minimum absolute atomic E-state index is 0.0189. The molecule has 1 aliphatic heterocycles. The third-order valence-electron chi connectivity index (χ3n) is 5.44. The Kier molecular flexibility index (Phi) is 6.60. The van der Waals surface area contributed by atoms with Crippen molar-refractivity contribution in [2.24, 2.45) is 0 Å². The molecule has 2 heterocycles. The molecule has 0 aliphatic carbocycles. The molecular formula is C22H23ClN4O3S2. The number of nitrogens with zero attached hydrogens (tertiary/aromatic N) is 3. The zero-order chi connectivity index (χ0) is 22.9. The molecule has 1 amide bonds. The van der Waals surface area contributed by atoms with Crippen LogP contribution < -0.4 is 5.32 Å². The Labute approximate surface area is 196 Å². The number of sulfone groups is 1. The summed E-state index contributed by atoms with van der Waals surface area (Å²) in [5.41, 5.74) is 1.47. The third-order valence-corrected chi connectivity index (χ3v) is 8.47. The molecule has 168 valence electrons. The van der Waals surface area contributed by atoms with Crippen LogP contribution in [0.5, 0.6) is 0 Å².